The summed E-state index contributed by atoms with van der Waals surface area (Å²) in [6, 6.07) is 5.07. The Hall–Kier alpha value is -2.04. The monoisotopic (exact) mass is 276 g/mol. The van der Waals surface area contributed by atoms with Crippen LogP contribution in [-0.4, -0.2) is 18.9 Å². The van der Waals surface area contributed by atoms with Gasteiger partial charge in [0.2, 0.25) is 6.79 Å². The maximum absolute atomic E-state index is 11.9. The predicted octanol–water partition coefficient (Wildman–Crippen LogP) is 2.81. The van der Waals surface area contributed by atoms with Gasteiger partial charge in [-0.3, -0.25) is 4.79 Å². The number of hydrazone groups is 1. The van der Waals surface area contributed by atoms with Gasteiger partial charge in [-0.25, -0.2) is 5.43 Å². The van der Waals surface area contributed by atoms with Crippen molar-refractivity contribution in [3.8, 4) is 11.5 Å². The van der Waals surface area contributed by atoms with Crippen molar-refractivity contribution in [2.75, 3.05) is 6.79 Å². The van der Waals surface area contributed by atoms with Crippen molar-refractivity contribution in [1.82, 2.24) is 5.43 Å². The number of nitrogens with zero attached hydrogens (tertiary/aromatic N) is 1. The van der Waals surface area contributed by atoms with Crippen LogP contribution in [0.2, 0.25) is 0 Å². The molecule has 1 atom stereocenters. The molecule has 20 heavy (non-hydrogen) atoms. The first-order valence-electron chi connectivity index (χ1n) is 6.79. The lowest BCUT2D eigenvalue weighted by Crippen LogP contribution is -2.18. The van der Waals surface area contributed by atoms with Crippen molar-refractivity contribution in [3.63, 3.8) is 0 Å². The van der Waals surface area contributed by atoms with E-state index < -0.39 is 0 Å². The molecular formula is C15H20N2O3. The first kappa shape index (κ1) is 14.4. The molecule has 108 valence electrons. The van der Waals surface area contributed by atoms with Crippen LogP contribution in [0, 0.1) is 11.8 Å². The highest BCUT2D eigenvalue weighted by atomic mass is 16.7. The molecule has 2 rings (SSSR count). The number of hydrogen-bond donors (Lipinski definition) is 1. The molecule has 0 aromatic heterocycles. The molecule has 5 nitrogen and oxygen atoms in total. The van der Waals surface area contributed by atoms with Crippen molar-refractivity contribution >= 4 is 12.1 Å². The quantitative estimate of drug-likeness (QED) is 0.664. The minimum atomic E-state index is -0.253. The van der Waals surface area contributed by atoms with E-state index in [0.717, 1.165) is 6.42 Å². The SMILES string of the molecule is CC(C)CC(C)C=NNC(=O)c1ccc2c(c1)OCO2. The van der Waals surface area contributed by atoms with Crippen molar-refractivity contribution in [1.29, 1.82) is 0 Å². The summed E-state index contributed by atoms with van der Waals surface area (Å²) >= 11 is 0. The highest BCUT2D eigenvalue weighted by molar-refractivity contribution is 5.95. The molecule has 0 saturated heterocycles. The molecule has 5 heteroatoms. The maximum atomic E-state index is 11.9. The number of fused-ring (bicyclic) bond motifs is 1. The summed E-state index contributed by atoms with van der Waals surface area (Å²) < 4.78 is 10.4. The van der Waals surface area contributed by atoms with Gasteiger partial charge in [0.15, 0.2) is 11.5 Å². The normalized spacial score (nSPS) is 14.8. The van der Waals surface area contributed by atoms with E-state index >= 15 is 0 Å². The zero-order valence-corrected chi connectivity index (χ0v) is 12.1. The van der Waals surface area contributed by atoms with E-state index in [4.69, 9.17) is 9.47 Å². The Morgan fingerprint density at radius 2 is 2.10 bits per heavy atom. The van der Waals surface area contributed by atoms with Crippen LogP contribution in [-0.2, 0) is 0 Å². The summed E-state index contributed by atoms with van der Waals surface area (Å²) in [6.07, 6.45) is 2.81. The molecule has 0 bridgehead atoms. The van der Waals surface area contributed by atoms with Crippen LogP contribution in [0.15, 0.2) is 23.3 Å². The average Bonchev–Trinajstić information content (AvgIpc) is 2.84. The molecule has 1 aromatic carbocycles. The first-order valence-corrected chi connectivity index (χ1v) is 6.79. The predicted molar refractivity (Wildman–Crippen MR) is 77.1 cm³/mol. The third-order valence-corrected chi connectivity index (χ3v) is 2.97. The molecule has 1 heterocycles. The van der Waals surface area contributed by atoms with Crippen LogP contribution in [0.3, 0.4) is 0 Å². The van der Waals surface area contributed by atoms with E-state index in [1.54, 1.807) is 24.4 Å². The van der Waals surface area contributed by atoms with Crippen molar-refractivity contribution in [2.45, 2.75) is 27.2 Å². The van der Waals surface area contributed by atoms with E-state index in [0.29, 0.717) is 28.9 Å². The fraction of sp³-hybridized carbons (Fsp3) is 0.467. The van der Waals surface area contributed by atoms with E-state index in [2.05, 4.69) is 31.3 Å². The van der Waals surface area contributed by atoms with Crippen LogP contribution in [0.5, 0.6) is 11.5 Å². The van der Waals surface area contributed by atoms with Gasteiger partial charge in [-0.15, -0.1) is 0 Å². The number of ether oxygens (including phenoxy) is 2. The van der Waals surface area contributed by atoms with E-state index in [1.165, 1.54) is 0 Å². The Kier molecular flexibility index (Phi) is 4.61. The number of benzene rings is 1. The summed E-state index contributed by atoms with van der Waals surface area (Å²) in [6.45, 7) is 6.60. The Morgan fingerprint density at radius 3 is 2.85 bits per heavy atom. The van der Waals surface area contributed by atoms with Crippen LogP contribution in [0.25, 0.3) is 0 Å². The molecule has 0 aliphatic carbocycles. The van der Waals surface area contributed by atoms with Gasteiger partial charge in [0.25, 0.3) is 5.91 Å². The number of amides is 1. The zero-order chi connectivity index (χ0) is 14.5. The smallest absolute Gasteiger partial charge is 0.271 e. The molecule has 1 unspecified atom stereocenters. The van der Waals surface area contributed by atoms with E-state index in [9.17, 15) is 4.79 Å². The van der Waals surface area contributed by atoms with Crippen molar-refractivity contribution < 1.29 is 14.3 Å². The van der Waals surface area contributed by atoms with Gasteiger partial charge in [0, 0.05) is 11.8 Å². The molecule has 0 saturated carbocycles. The van der Waals surface area contributed by atoms with Gasteiger partial charge in [-0.1, -0.05) is 20.8 Å². The van der Waals surface area contributed by atoms with E-state index in [-0.39, 0.29) is 12.7 Å². The molecule has 1 amide bonds. The summed E-state index contributed by atoms with van der Waals surface area (Å²) in [5, 5.41) is 4.00. The van der Waals surface area contributed by atoms with Crippen LogP contribution in [0.1, 0.15) is 37.6 Å². The van der Waals surface area contributed by atoms with Crippen molar-refractivity contribution in [3.05, 3.63) is 23.8 Å². The fourth-order valence-corrected chi connectivity index (χ4v) is 2.13. The van der Waals surface area contributed by atoms with Crippen LogP contribution < -0.4 is 14.9 Å². The van der Waals surface area contributed by atoms with Crippen LogP contribution >= 0.6 is 0 Å². The molecule has 0 fully saturated rings. The largest absolute Gasteiger partial charge is 0.454 e. The minimum absolute atomic E-state index is 0.200. The first-order chi connectivity index (χ1) is 9.56. The standard InChI is InChI=1S/C15H20N2O3/c1-10(2)6-11(3)8-16-17-15(18)12-4-5-13-14(7-12)20-9-19-13/h4-5,7-8,10-11H,6,9H2,1-3H3,(H,17,18). The van der Waals surface area contributed by atoms with Gasteiger partial charge in [0.05, 0.1) is 0 Å². The fourth-order valence-electron chi connectivity index (χ4n) is 2.13. The maximum Gasteiger partial charge on any atom is 0.271 e. The van der Waals surface area contributed by atoms with E-state index in [1.807, 2.05) is 0 Å². The molecule has 1 aliphatic rings. The number of hydrogen-bond acceptors (Lipinski definition) is 4. The average molecular weight is 276 g/mol. The lowest BCUT2D eigenvalue weighted by Gasteiger charge is -2.08. The van der Waals surface area contributed by atoms with Crippen LogP contribution in [0.4, 0.5) is 0 Å². The second-order valence-electron chi connectivity index (χ2n) is 5.39. The minimum Gasteiger partial charge on any atom is -0.454 e. The molecule has 0 spiro atoms. The highest BCUT2D eigenvalue weighted by Gasteiger charge is 2.15. The third-order valence-electron chi connectivity index (χ3n) is 2.97. The highest BCUT2D eigenvalue weighted by Crippen LogP contribution is 2.32. The summed E-state index contributed by atoms with van der Waals surface area (Å²) in [7, 11) is 0. The van der Waals surface area contributed by atoms with Gasteiger partial charge in [-0.05, 0) is 36.5 Å². The zero-order valence-electron chi connectivity index (χ0n) is 12.1. The molecule has 0 radical (unpaired) electrons. The summed E-state index contributed by atoms with van der Waals surface area (Å²) in [5.74, 6) is 1.95. The lowest BCUT2D eigenvalue weighted by atomic mass is 10.0. The Balaban J connectivity index is 1.90. The second-order valence-corrected chi connectivity index (χ2v) is 5.39. The summed E-state index contributed by atoms with van der Waals surface area (Å²) in [4.78, 5) is 11.9. The Morgan fingerprint density at radius 1 is 1.35 bits per heavy atom. The molecular weight excluding hydrogens is 256 g/mol. The molecule has 1 aliphatic heterocycles. The Bertz CT molecular complexity index is 512. The topological polar surface area (TPSA) is 59.9 Å². The van der Waals surface area contributed by atoms with Gasteiger partial charge >= 0.3 is 0 Å². The third kappa shape index (κ3) is 3.73. The Labute approximate surface area is 119 Å². The van der Waals surface area contributed by atoms with Crippen molar-refractivity contribution in [2.24, 2.45) is 16.9 Å². The number of rotatable bonds is 5. The summed E-state index contributed by atoms with van der Waals surface area (Å²) in [5.41, 5.74) is 3.03. The van der Waals surface area contributed by atoms with Gasteiger partial charge < -0.3 is 9.47 Å². The molecule has 1 N–H and O–H groups in total. The second kappa shape index (κ2) is 6.41. The van der Waals surface area contributed by atoms with Gasteiger partial charge in [-0.2, -0.15) is 5.10 Å². The number of carbonyl (C=O) groups excluding carboxylic acids is 1. The lowest BCUT2D eigenvalue weighted by molar-refractivity contribution is 0.0954. The number of carbonyl (C=O) groups is 1. The number of nitrogens with one attached hydrogen (secondary N) is 1. The van der Waals surface area contributed by atoms with Gasteiger partial charge in [0.1, 0.15) is 0 Å². The molecule has 1 aromatic rings.